The van der Waals surface area contributed by atoms with Crippen LogP contribution < -0.4 is 16.0 Å². The van der Waals surface area contributed by atoms with Crippen molar-refractivity contribution < 1.29 is 14.3 Å². The highest BCUT2D eigenvalue weighted by Gasteiger charge is 2.25. The van der Waals surface area contributed by atoms with Crippen LogP contribution in [0.5, 0.6) is 0 Å². The van der Waals surface area contributed by atoms with Gasteiger partial charge in [-0.2, -0.15) is 19.6 Å². The molecule has 1 aromatic carbocycles. The summed E-state index contributed by atoms with van der Waals surface area (Å²) in [4.78, 5) is 23.9. The molecule has 36 heavy (non-hydrogen) atoms. The largest absolute Gasteiger partial charge is 0.373 e. The Hall–Kier alpha value is -3.57. The number of nitrogens with zero attached hydrogens (tertiary/aromatic N) is 5. The second-order valence-electron chi connectivity index (χ2n) is 9.20. The zero-order chi connectivity index (χ0) is 24.9. The van der Waals surface area contributed by atoms with Crippen molar-refractivity contribution in [2.24, 2.45) is 0 Å². The van der Waals surface area contributed by atoms with Crippen LogP contribution in [0.1, 0.15) is 36.8 Å². The Morgan fingerprint density at radius 1 is 1.19 bits per heavy atom. The highest BCUT2D eigenvalue weighted by molar-refractivity contribution is 6.00. The van der Waals surface area contributed by atoms with Crippen LogP contribution in [0.4, 0.5) is 16.3 Å². The highest BCUT2D eigenvalue weighted by Crippen LogP contribution is 2.22. The van der Waals surface area contributed by atoms with Crippen LogP contribution in [0, 0.1) is 5.82 Å². The number of carbonyl (C=O) groups is 1. The van der Waals surface area contributed by atoms with Crippen molar-refractivity contribution >= 4 is 29.5 Å². The van der Waals surface area contributed by atoms with Crippen LogP contribution in [-0.2, 0) is 11.2 Å². The maximum absolute atomic E-state index is 13.5. The molecule has 2 aromatic heterocycles. The quantitative estimate of drug-likeness (QED) is 0.250. The monoisotopic (exact) mass is 494 g/mol. The summed E-state index contributed by atoms with van der Waals surface area (Å²) < 4.78 is 15.1. The molecular weight excluding hydrogens is 463 g/mol. The third-order valence-electron chi connectivity index (χ3n) is 6.45. The number of likely N-dealkylation sites (tertiary alicyclic amines) is 1. The number of rotatable bonds is 10. The Labute approximate surface area is 208 Å². The van der Waals surface area contributed by atoms with Gasteiger partial charge < -0.3 is 26.0 Å². The molecule has 1 amide bonds. The molecule has 0 spiro atoms. The maximum atomic E-state index is 13.5. The van der Waals surface area contributed by atoms with Gasteiger partial charge in [-0.25, -0.2) is 4.39 Å². The van der Waals surface area contributed by atoms with Crippen molar-refractivity contribution in [1.29, 1.82) is 0 Å². The number of carbonyl (C=O) groups excluding carboxylic acids is 1. The summed E-state index contributed by atoms with van der Waals surface area (Å²) in [6.07, 6.45) is 6.80. The lowest BCUT2D eigenvalue weighted by atomic mass is 10.1. The molecule has 10 nitrogen and oxygen atoms in total. The van der Waals surface area contributed by atoms with Crippen molar-refractivity contribution in [2.45, 2.75) is 38.3 Å². The number of aliphatic hydroxyl groups is 1. The Morgan fingerprint density at radius 3 is 2.83 bits per heavy atom. The van der Waals surface area contributed by atoms with E-state index in [2.05, 4.69) is 35.9 Å². The molecule has 1 atom stereocenters. The van der Waals surface area contributed by atoms with Gasteiger partial charge in [0.1, 0.15) is 12.0 Å². The minimum absolute atomic E-state index is 0.224. The van der Waals surface area contributed by atoms with Crippen molar-refractivity contribution in [2.75, 3.05) is 43.4 Å². The fraction of sp³-hybridized carbons (Fsp3) is 0.440. The van der Waals surface area contributed by atoms with Crippen LogP contribution in [-0.4, -0.2) is 74.4 Å². The van der Waals surface area contributed by atoms with Crippen LogP contribution in [0.2, 0.25) is 0 Å². The Morgan fingerprint density at radius 2 is 2.06 bits per heavy atom. The molecule has 190 valence electrons. The third-order valence-corrected chi connectivity index (χ3v) is 6.45. The van der Waals surface area contributed by atoms with E-state index < -0.39 is 6.23 Å². The average Bonchev–Trinajstić information content (AvgIpc) is 3.58. The molecule has 2 aliphatic rings. The number of hydrogen-bond acceptors (Lipinski definition) is 8. The first-order chi connectivity index (χ1) is 17.5. The molecular formula is C25H31FN8O2. The molecule has 1 unspecified atom stereocenters. The summed E-state index contributed by atoms with van der Waals surface area (Å²) in [6.45, 7) is 4.62. The van der Waals surface area contributed by atoms with E-state index in [-0.39, 0.29) is 18.1 Å². The molecule has 3 aromatic rings. The molecule has 2 saturated heterocycles. The highest BCUT2D eigenvalue weighted by atomic mass is 19.1. The molecule has 0 aliphatic carbocycles. The van der Waals surface area contributed by atoms with E-state index in [4.69, 9.17) is 0 Å². The summed E-state index contributed by atoms with van der Waals surface area (Å²) in [7, 11) is 0. The van der Waals surface area contributed by atoms with E-state index in [9.17, 15) is 14.3 Å². The van der Waals surface area contributed by atoms with Gasteiger partial charge in [-0.1, -0.05) is 12.1 Å². The van der Waals surface area contributed by atoms with Gasteiger partial charge in [0.15, 0.2) is 5.65 Å². The number of anilines is 2. The average molecular weight is 495 g/mol. The van der Waals surface area contributed by atoms with Crippen molar-refractivity contribution in [1.82, 2.24) is 29.8 Å². The third kappa shape index (κ3) is 5.80. The Balaban J connectivity index is 1.34. The summed E-state index contributed by atoms with van der Waals surface area (Å²) in [5, 5.41) is 23.3. The molecule has 2 aliphatic heterocycles. The standard InChI is InChI=1S/C25H31FN8O2/c26-20-6-3-5-17(13-20)7-9-28-25-32-24(27-8-4-12-33-10-1-2-11-33)31-22-19(16-29-34(22)25)14-18-15-21(35)30-23(18)36/h3,5-6,13-14,16,21,35H,1-2,4,7-12,15H2,(H,30,36)(H2,27,28,31,32)/b18-14+. The number of benzene rings is 1. The predicted octanol–water partition coefficient (Wildman–Crippen LogP) is 2.04. The summed E-state index contributed by atoms with van der Waals surface area (Å²) in [5.41, 5.74) is 2.55. The van der Waals surface area contributed by atoms with E-state index in [1.807, 2.05) is 6.07 Å². The van der Waals surface area contributed by atoms with Gasteiger partial charge in [-0.15, -0.1) is 0 Å². The van der Waals surface area contributed by atoms with Crippen LogP contribution in [0.15, 0.2) is 36.0 Å². The second-order valence-corrected chi connectivity index (χ2v) is 9.20. The van der Waals surface area contributed by atoms with E-state index >= 15 is 0 Å². The molecule has 0 bridgehead atoms. The second kappa shape index (κ2) is 11.0. The lowest BCUT2D eigenvalue weighted by molar-refractivity contribution is -0.117. The number of hydrogen-bond donors (Lipinski definition) is 4. The Bertz CT molecular complexity index is 1250. The minimum atomic E-state index is -0.881. The lowest BCUT2D eigenvalue weighted by Gasteiger charge is -2.15. The number of halogens is 1. The van der Waals surface area contributed by atoms with Gasteiger partial charge in [0, 0.05) is 30.6 Å². The van der Waals surface area contributed by atoms with Gasteiger partial charge in [0.25, 0.3) is 0 Å². The number of aromatic nitrogens is 4. The lowest BCUT2D eigenvalue weighted by Crippen LogP contribution is -2.24. The van der Waals surface area contributed by atoms with E-state index in [0.717, 1.165) is 38.2 Å². The number of nitrogens with one attached hydrogen (secondary N) is 3. The first kappa shape index (κ1) is 24.1. The van der Waals surface area contributed by atoms with Crippen LogP contribution in [0.25, 0.3) is 11.7 Å². The zero-order valence-electron chi connectivity index (χ0n) is 20.1. The van der Waals surface area contributed by atoms with Gasteiger partial charge >= 0.3 is 0 Å². The molecule has 4 heterocycles. The first-order valence-electron chi connectivity index (χ1n) is 12.4. The number of aliphatic hydroxyl groups excluding tert-OH is 1. The van der Waals surface area contributed by atoms with Gasteiger partial charge in [-0.05, 0) is 69.1 Å². The van der Waals surface area contributed by atoms with Gasteiger partial charge in [-0.3, -0.25) is 4.79 Å². The molecule has 4 N–H and O–H groups in total. The molecule has 2 fully saturated rings. The van der Waals surface area contributed by atoms with E-state index in [1.54, 1.807) is 22.9 Å². The summed E-state index contributed by atoms with van der Waals surface area (Å²) >= 11 is 0. The normalized spacial score (nSPS) is 19.3. The number of fused-ring (bicyclic) bond motifs is 1. The molecule has 11 heteroatoms. The summed E-state index contributed by atoms with van der Waals surface area (Å²) in [6, 6.07) is 6.52. The molecule has 5 rings (SSSR count). The Kier molecular flexibility index (Phi) is 7.38. The number of amides is 1. The van der Waals surface area contributed by atoms with Gasteiger partial charge in [0.2, 0.25) is 17.8 Å². The van der Waals surface area contributed by atoms with Crippen molar-refractivity contribution in [3.63, 3.8) is 0 Å². The van der Waals surface area contributed by atoms with Crippen LogP contribution >= 0.6 is 0 Å². The predicted molar refractivity (Wildman–Crippen MR) is 135 cm³/mol. The molecule has 0 saturated carbocycles. The van der Waals surface area contributed by atoms with Crippen molar-refractivity contribution in [3.05, 3.63) is 53.0 Å². The van der Waals surface area contributed by atoms with E-state index in [0.29, 0.717) is 41.6 Å². The first-order valence-corrected chi connectivity index (χ1v) is 12.4. The van der Waals surface area contributed by atoms with Crippen LogP contribution in [0.3, 0.4) is 0 Å². The van der Waals surface area contributed by atoms with Gasteiger partial charge in [0.05, 0.1) is 6.20 Å². The minimum Gasteiger partial charge on any atom is -0.373 e. The fourth-order valence-corrected chi connectivity index (χ4v) is 4.62. The SMILES string of the molecule is O=C1NC(O)C/C1=C\c1cnn2c(NCCc3cccc(F)c3)nc(NCCCN3CCCC3)nc12. The maximum Gasteiger partial charge on any atom is 0.249 e. The zero-order valence-corrected chi connectivity index (χ0v) is 20.1. The molecule has 0 radical (unpaired) electrons. The topological polar surface area (TPSA) is 120 Å². The smallest absolute Gasteiger partial charge is 0.249 e. The van der Waals surface area contributed by atoms with E-state index in [1.165, 1.54) is 25.0 Å². The fourth-order valence-electron chi connectivity index (χ4n) is 4.62. The van der Waals surface area contributed by atoms with Crippen molar-refractivity contribution in [3.8, 4) is 0 Å². The summed E-state index contributed by atoms with van der Waals surface area (Å²) in [5.74, 6) is 0.403.